The molecular formula is C23H24ClN3O3S. The second kappa shape index (κ2) is 8.86. The molecule has 0 bridgehead atoms. The third-order valence-corrected chi connectivity index (χ3v) is 6.49. The summed E-state index contributed by atoms with van der Waals surface area (Å²) in [5.74, 6) is 0.637. The lowest BCUT2D eigenvalue weighted by Gasteiger charge is -2.20. The molecule has 162 valence electrons. The summed E-state index contributed by atoms with van der Waals surface area (Å²) >= 11 is 7.81. The minimum atomic E-state index is -0.242. The molecule has 0 N–H and O–H groups in total. The van der Waals surface area contributed by atoms with Crippen LogP contribution in [-0.2, 0) is 0 Å². The van der Waals surface area contributed by atoms with Gasteiger partial charge < -0.3 is 14.1 Å². The number of carbonyl (C=O) groups excluding carboxylic acids is 1. The lowest BCUT2D eigenvalue weighted by Crippen LogP contribution is -2.36. The van der Waals surface area contributed by atoms with E-state index in [1.54, 1.807) is 11.0 Å². The molecule has 4 aromatic rings. The van der Waals surface area contributed by atoms with Crippen molar-refractivity contribution in [3.05, 3.63) is 52.7 Å². The summed E-state index contributed by atoms with van der Waals surface area (Å²) in [4.78, 5) is 22.0. The zero-order valence-electron chi connectivity index (χ0n) is 17.9. The number of para-hydroxylation sites is 1. The van der Waals surface area contributed by atoms with E-state index in [1.165, 1.54) is 11.3 Å². The molecule has 2 heterocycles. The molecule has 8 heteroatoms. The number of aryl methyl sites for hydroxylation is 1. The summed E-state index contributed by atoms with van der Waals surface area (Å²) in [6, 6.07) is 11.2. The van der Waals surface area contributed by atoms with Crippen molar-refractivity contribution in [2.75, 3.05) is 38.7 Å². The number of nitrogens with zero attached hydrogens (tertiary/aromatic N) is 3. The number of carbonyl (C=O) groups is 1. The van der Waals surface area contributed by atoms with Gasteiger partial charge in [-0.3, -0.25) is 9.69 Å². The van der Waals surface area contributed by atoms with Gasteiger partial charge in [0.05, 0.1) is 21.8 Å². The van der Waals surface area contributed by atoms with Crippen LogP contribution >= 0.6 is 22.9 Å². The number of likely N-dealkylation sites (N-methyl/N-ethyl adjacent to an activating group) is 1. The minimum Gasteiger partial charge on any atom is -0.490 e. The molecule has 0 aliphatic rings. The molecule has 2 aromatic carbocycles. The highest BCUT2D eigenvalue weighted by atomic mass is 35.5. The van der Waals surface area contributed by atoms with Gasteiger partial charge in [-0.1, -0.05) is 41.1 Å². The van der Waals surface area contributed by atoms with Gasteiger partial charge >= 0.3 is 0 Å². The average molecular weight is 458 g/mol. The second-order valence-electron chi connectivity index (χ2n) is 7.52. The van der Waals surface area contributed by atoms with Gasteiger partial charge in [-0.2, -0.15) is 0 Å². The highest BCUT2D eigenvalue weighted by molar-refractivity contribution is 7.23. The van der Waals surface area contributed by atoms with Crippen molar-refractivity contribution in [1.29, 1.82) is 0 Å². The normalized spacial score (nSPS) is 11.5. The van der Waals surface area contributed by atoms with Crippen molar-refractivity contribution in [3.8, 4) is 5.75 Å². The van der Waals surface area contributed by atoms with E-state index >= 15 is 0 Å². The number of furan rings is 1. The van der Waals surface area contributed by atoms with Crippen molar-refractivity contribution >= 4 is 55.2 Å². The average Bonchev–Trinajstić information content (AvgIpc) is 3.37. The van der Waals surface area contributed by atoms with Gasteiger partial charge in [-0.25, -0.2) is 4.98 Å². The predicted octanol–water partition coefficient (Wildman–Crippen LogP) is 5.61. The van der Waals surface area contributed by atoms with Gasteiger partial charge in [0.1, 0.15) is 0 Å². The largest absolute Gasteiger partial charge is 0.490 e. The standard InChI is InChI=1S/C23H24ClN3O3S/c1-5-29-17-8-6-7-15-13-18(30-20(15)17)22(28)27(12-11-26(3)4)23-25-19-14(2)9-10-16(24)21(19)31-23/h6-10,13H,5,11-12H2,1-4H3. The number of aromatic nitrogens is 1. The minimum absolute atomic E-state index is 0.242. The Morgan fingerprint density at radius 3 is 2.74 bits per heavy atom. The number of fused-ring (bicyclic) bond motifs is 2. The van der Waals surface area contributed by atoms with Crippen LogP contribution in [0.2, 0.25) is 5.02 Å². The third-order valence-electron chi connectivity index (χ3n) is 4.95. The molecule has 0 saturated heterocycles. The number of thiazole rings is 1. The Kier molecular flexibility index (Phi) is 6.18. The van der Waals surface area contributed by atoms with Crippen LogP contribution in [0.4, 0.5) is 5.13 Å². The summed E-state index contributed by atoms with van der Waals surface area (Å²) in [7, 11) is 3.94. The SMILES string of the molecule is CCOc1cccc2cc(C(=O)N(CCN(C)C)c3nc4c(C)ccc(Cl)c4s3)oc12. The molecule has 0 saturated carbocycles. The Labute approximate surface area is 190 Å². The van der Waals surface area contributed by atoms with E-state index in [2.05, 4.69) is 0 Å². The molecule has 1 amide bonds. The molecule has 4 rings (SSSR count). The number of amides is 1. The Balaban J connectivity index is 1.77. The monoisotopic (exact) mass is 457 g/mol. The van der Waals surface area contributed by atoms with Crippen LogP contribution in [0.15, 0.2) is 40.8 Å². The summed E-state index contributed by atoms with van der Waals surface area (Å²) in [5.41, 5.74) is 2.41. The van der Waals surface area contributed by atoms with E-state index < -0.39 is 0 Å². The molecule has 0 aliphatic carbocycles. The van der Waals surface area contributed by atoms with Crippen LogP contribution in [0.25, 0.3) is 21.2 Å². The number of rotatable bonds is 7. The quantitative estimate of drug-likeness (QED) is 0.361. The molecular weight excluding hydrogens is 434 g/mol. The van der Waals surface area contributed by atoms with Crippen LogP contribution in [0, 0.1) is 6.92 Å². The molecule has 0 radical (unpaired) electrons. The lowest BCUT2D eigenvalue weighted by molar-refractivity contribution is 0.0960. The summed E-state index contributed by atoms with van der Waals surface area (Å²) in [6.07, 6.45) is 0. The lowest BCUT2D eigenvalue weighted by atomic mass is 10.2. The summed E-state index contributed by atoms with van der Waals surface area (Å²) in [5, 5.41) is 2.06. The molecule has 2 aromatic heterocycles. The first-order valence-electron chi connectivity index (χ1n) is 10.1. The van der Waals surface area contributed by atoms with Crippen LogP contribution in [0.1, 0.15) is 23.0 Å². The Morgan fingerprint density at radius 1 is 1.23 bits per heavy atom. The maximum atomic E-state index is 13.5. The smallest absolute Gasteiger partial charge is 0.295 e. The fourth-order valence-electron chi connectivity index (χ4n) is 3.33. The van der Waals surface area contributed by atoms with Crippen molar-refractivity contribution in [2.24, 2.45) is 0 Å². The van der Waals surface area contributed by atoms with E-state index in [4.69, 9.17) is 25.7 Å². The molecule has 0 atom stereocenters. The second-order valence-corrected chi connectivity index (χ2v) is 8.90. The third kappa shape index (κ3) is 4.26. The van der Waals surface area contributed by atoms with Crippen LogP contribution in [0.3, 0.4) is 0 Å². The zero-order chi connectivity index (χ0) is 22.1. The van der Waals surface area contributed by atoms with Crippen LogP contribution in [0.5, 0.6) is 5.75 Å². The van der Waals surface area contributed by atoms with Crippen molar-refractivity contribution < 1.29 is 13.9 Å². The van der Waals surface area contributed by atoms with Crippen molar-refractivity contribution in [3.63, 3.8) is 0 Å². The molecule has 6 nitrogen and oxygen atoms in total. The predicted molar refractivity (Wildman–Crippen MR) is 127 cm³/mol. The highest BCUT2D eigenvalue weighted by Gasteiger charge is 2.26. The first-order valence-corrected chi connectivity index (χ1v) is 11.3. The van der Waals surface area contributed by atoms with Gasteiger partial charge in [0.15, 0.2) is 22.2 Å². The fourth-order valence-corrected chi connectivity index (χ4v) is 4.68. The molecule has 0 aliphatic heterocycles. The molecule has 31 heavy (non-hydrogen) atoms. The maximum absolute atomic E-state index is 13.5. The van der Waals surface area contributed by atoms with E-state index in [9.17, 15) is 4.79 Å². The van der Waals surface area contributed by atoms with E-state index in [0.29, 0.717) is 41.2 Å². The van der Waals surface area contributed by atoms with E-state index in [1.807, 2.05) is 63.2 Å². The van der Waals surface area contributed by atoms with E-state index in [-0.39, 0.29) is 11.7 Å². The topological polar surface area (TPSA) is 58.8 Å². The summed E-state index contributed by atoms with van der Waals surface area (Å²) < 4.78 is 12.5. The zero-order valence-corrected chi connectivity index (χ0v) is 19.5. The first kappa shape index (κ1) is 21.6. The number of anilines is 1. The first-order chi connectivity index (χ1) is 14.9. The number of hydrogen-bond acceptors (Lipinski definition) is 6. The van der Waals surface area contributed by atoms with Gasteiger partial charge in [0.2, 0.25) is 0 Å². The molecule has 0 spiro atoms. The van der Waals surface area contributed by atoms with Gasteiger partial charge in [0.25, 0.3) is 5.91 Å². The van der Waals surface area contributed by atoms with Crippen LogP contribution in [-0.4, -0.2) is 49.6 Å². The van der Waals surface area contributed by atoms with Crippen molar-refractivity contribution in [1.82, 2.24) is 9.88 Å². The van der Waals surface area contributed by atoms with Crippen molar-refractivity contribution in [2.45, 2.75) is 13.8 Å². The Bertz CT molecular complexity index is 1210. The van der Waals surface area contributed by atoms with Gasteiger partial charge in [0, 0.05) is 18.5 Å². The number of hydrogen-bond donors (Lipinski definition) is 0. The Morgan fingerprint density at radius 2 is 2.03 bits per heavy atom. The molecule has 0 fully saturated rings. The summed E-state index contributed by atoms with van der Waals surface area (Å²) in [6.45, 7) is 5.57. The fraction of sp³-hybridized carbons (Fsp3) is 0.304. The number of benzene rings is 2. The Hall–Kier alpha value is -2.61. The van der Waals surface area contributed by atoms with E-state index in [0.717, 1.165) is 21.2 Å². The number of halogens is 1. The molecule has 0 unspecified atom stereocenters. The number of ether oxygens (including phenoxy) is 1. The van der Waals surface area contributed by atoms with Gasteiger partial charge in [-0.15, -0.1) is 0 Å². The van der Waals surface area contributed by atoms with Crippen LogP contribution < -0.4 is 9.64 Å². The van der Waals surface area contributed by atoms with Gasteiger partial charge in [-0.05, 0) is 51.7 Å². The maximum Gasteiger partial charge on any atom is 0.295 e. The highest BCUT2D eigenvalue weighted by Crippen LogP contribution is 2.37.